The first kappa shape index (κ1) is 13.3. The minimum atomic E-state index is -0.289. The van der Waals surface area contributed by atoms with Crippen LogP contribution in [0, 0.1) is 0 Å². The van der Waals surface area contributed by atoms with E-state index < -0.39 is 0 Å². The summed E-state index contributed by atoms with van der Waals surface area (Å²) >= 11 is 0. The predicted molar refractivity (Wildman–Crippen MR) is 70.6 cm³/mol. The van der Waals surface area contributed by atoms with Crippen LogP contribution in [-0.2, 0) is 4.74 Å². The van der Waals surface area contributed by atoms with Crippen molar-refractivity contribution in [3.8, 4) is 5.75 Å². The Balaban J connectivity index is 2.34. The Hall–Kier alpha value is -2.10. The first-order valence-corrected chi connectivity index (χ1v) is 6.29. The number of hydrogen-bond donors (Lipinski definition) is 0. The summed E-state index contributed by atoms with van der Waals surface area (Å²) in [6.07, 6.45) is 3.08. The van der Waals surface area contributed by atoms with Gasteiger partial charge in [0, 0.05) is 11.6 Å². The molecule has 1 aromatic carbocycles. The van der Waals surface area contributed by atoms with Crippen molar-refractivity contribution < 1.29 is 19.1 Å². The molecule has 0 saturated heterocycles. The van der Waals surface area contributed by atoms with Crippen molar-refractivity contribution in [2.45, 2.75) is 19.8 Å². The number of carbonyl (C=O) groups is 2. The Morgan fingerprint density at radius 1 is 1.21 bits per heavy atom. The van der Waals surface area contributed by atoms with Gasteiger partial charge in [0.15, 0.2) is 11.5 Å². The van der Waals surface area contributed by atoms with Crippen LogP contribution in [0.1, 0.15) is 40.5 Å². The van der Waals surface area contributed by atoms with Gasteiger partial charge in [-0.05, 0) is 12.5 Å². The Morgan fingerprint density at radius 2 is 2.00 bits per heavy atom. The third-order valence-corrected chi connectivity index (χ3v) is 2.98. The number of allylic oxidation sites excluding steroid dienone is 2. The first-order chi connectivity index (χ1) is 9.19. The van der Waals surface area contributed by atoms with Gasteiger partial charge in [-0.15, -0.1) is 0 Å². The number of Topliss-reactive ketones (excluding diaryl/α,β-unsaturated/α-hetero) is 1. The second-order valence-electron chi connectivity index (χ2n) is 4.29. The molecule has 100 valence electrons. The van der Waals surface area contributed by atoms with E-state index in [2.05, 4.69) is 0 Å². The highest BCUT2D eigenvalue weighted by Crippen LogP contribution is 2.29. The van der Waals surface area contributed by atoms with E-state index in [9.17, 15) is 9.59 Å². The standard InChI is InChI=1S/C15H16O4/c1-3-4-8-19-13-9-11(16)10-6-5-7-12(18-2)14(10)15(13)17/h5-7,9H,3-4,8H2,1-2H3. The Kier molecular flexibility index (Phi) is 4.00. The molecule has 1 aliphatic carbocycles. The molecule has 0 bridgehead atoms. The lowest BCUT2D eigenvalue weighted by molar-refractivity contribution is 0.0877. The fraction of sp³-hybridized carbons (Fsp3) is 0.333. The second kappa shape index (κ2) is 5.69. The van der Waals surface area contributed by atoms with Crippen LogP contribution in [0.2, 0.25) is 0 Å². The molecule has 0 radical (unpaired) electrons. The zero-order valence-electron chi connectivity index (χ0n) is 11.1. The zero-order chi connectivity index (χ0) is 13.8. The largest absolute Gasteiger partial charge is 0.496 e. The summed E-state index contributed by atoms with van der Waals surface area (Å²) in [5.41, 5.74) is 0.663. The molecular formula is C15H16O4. The molecule has 0 atom stereocenters. The lowest BCUT2D eigenvalue weighted by atomic mass is 9.93. The van der Waals surface area contributed by atoms with E-state index in [4.69, 9.17) is 9.47 Å². The van der Waals surface area contributed by atoms with Gasteiger partial charge in [0.2, 0.25) is 5.78 Å². The van der Waals surface area contributed by atoms with Crippen molar-refractivity contribution in [2.75, 3.05) is 13.7 Å². The van der Waals surface area contributed by atoms with E-state index in [1.165, 1.54) is 13.2 Å². The fourth-order valence-electron chi connectivity index (χ4n) is 1.96. The van der Waals surface area contributed by atoms with Crippen LogP contribution in [0.5, 0.6) is 5.75 Å². The lowest BCUT2D eigenvalue weighted by Gasteiger charge is -2.17. The van der Waals surface area contributed by atoms with Gasteiger partial charge in [0.25, 0.3) is 0 Å². The summed E-state index contributed by atoms with van der Waals surface area (Å²) in [5.74, 6) is -0.000793. The monoisotopic (exact) mass is 260 g/mol. The van der Waals surface area contributed by atoms with E-state index in [0.29, 0.717) is 23.5 Å². The van der Waals surface area contributed by atoms with E-state index in [0.717, 1.165) is 12.8 Å². The summed E-state index contributed by atoms with van der Waals surface area (Å²) in [4.78, 5) is 24.3. The quantitative estimate of drug-likeness (QED) is 0.764. The van der Waals surface area contributed by atoms with Gasteiger partial charge in [0.1, 0.15) is 5.75 Å². The van der Waals surface area contributed by atoms with Gasteiger partial charge < -0.3 is 9.47 Å². The maximum absolute atomic E-state index is 12.3. The number of unbranched alkanes of at least 4 members (excludes halogenated alkanes) is 1. The highest BCUT2D eigenvalue weighted by atomic mass is 16.5. The van der Waals surface area contributed by atoms with Crippen LogP contribution in [0.15, 0.2) is 30.0 Å². The lowest BCUT2D eigenvalue weighted by Crippen LogP contribution is -2.20. The van der Waals surface area contributed by atoms with Gasteiger partial charge in [-0.3, -0.25) is 9.59 Å². The Labute approximate surface area is 112 Å². The Morgan fingerprint density at radius 3 is 2.68 bits per heavy atom. The molecular weight excluding hydrogens is 244 g/mol. The van der Waals surface area contributed by atoms with E-state index >= 15 is 0 Å². The number of benzene rings is 1. The molecule has 0 saturated carbocycles. The molecule has 1 aromatic rings. The van der Waals surface area contributed by atoms with E-state index in [1.54, 1.807) is 18.2 Å². The summed E-state index contributed by atoms with van der Waals surface area (Å²) in [6.45, 7) is 2.47. The van der Waals surface area contributed by atoms with Crippen LogP contribution >= 0.6 is 0 Å². The average molecular weight is 260 g/mol. The van der Waals surface area contributed by atoms with Gasteiger partial charge in [-0.1, -0.05) is 25.5 Å². The van der Waals surface area contributed by atoms with Gasteiger partial charge >= 0.3 is 0 Å². The molecule has 4 heteroatoms. The molecule has 0 amide bonds. The molecule has 4 nitrogen and oxygen atoms in total. The van der Waals surface area contributed by atoms with Gasteiger partial charge in [-0.25, -0.2) is 0 Å². The van der Waals surface area contributed by atoms with Crippen molar-refractivity contribution in [1.82, 2.24) is 0 Å². The molecule has 0 aliphatic heterocycles. The fourth-order valence-corrected chi connectivity index (χ4v) is 1.96. The number of hydrogen-bond acceptors (Lipinski definition) is 4. The van der Waals surface area contributed by atoms with Crippen molar-refractivity contribution >= 4 is 11.6 Å². The number of ketones is 2. The highest BCUT2D eigenvalue weighted by Gasteiger charge is 2.29. The second-order valence-corrected chi connectivity index (χ2v) is 4.29. The predicted octanol–water partition coefficient (Wildman–Crippen LogP) is 2.77. The molecule has 0 heterocycles. The van der Waals surface area contributed by atoms with Crippen molar-refractivity contribution in [2.24, 2.45) is 0 Å². The number of fused-ring (bicyclic) bond motifs is 1. The highest BCUT2D eigenvalue weighted by molar-refractivity contribution is 6.24. The van der Waals surface area contributed by atoms with Crippen LogP contribution in [0.4, 0.5) is 0 Å². The number of carbonyl (C=O) groups excluding carboxylic acids is 2. The van der Waals surface area contributed by atoms with Crippen molar-refractivity contribution in [3.05, 3.63) is 41.2 Å². The van der Waals surface area contributed by atoms with Gasteiger partial charge in [-0.2, -0.15) is 0 Å². The molecule has 0 unspecified atom stereocenters. The number of ether oxygens (including phenoxy) is 2. The summed E-state index contributed by atoms with van der Waals surface area (Å²) in [5, 5.41) is 0. The van der Waals surface area contributed by atoms with Crippen LogP contribution in [0.25, 0.3) is 0 Å². The molecule has 19 heavy (non-hydrogen) atoms. The van der Waals surface area contributed by atoms with E-state index in [1.807, 2.05) is 6.92 Å². The average Bonchev–Trinajstić information content (AvgIpc) is 2.43. The number of rotatable bonds is 5. The zero-order valence-corrected chi connectivity index (χ0v) is 11.1. The molecule has 0 fully saturated rings. The SMILES string of the molecule is CCCCOC1=CC(=O)c2cccc(OC)c2C1=O. The summed E-state index contributed by atoms with van der Waals surface area (Å²) < 4.78 is 10.5. The maximum Gasteiger partial charge on any atom is 0.232 e. The smallest absolute Gasteiger partial charge is 0.232 e. The minimum Gasteiger partial charge on any atom is -0.496 e. The van der Waals surface area contributed by atoms with Crippen LogP contribution in [0.3, 0.4) is 0 Å². The topological polar surface area (TPSA) is 52.6 Å². The summed E-state index contributed by atoms with van der Waals surface area (Å²) in [6, 6.07) is 4.98. The third kappa shape index (κ3) is 2.52. The molecule has 0 N–H and O–H groups in total. The number of methoxy groups -OCH3 is 1. The van der Waals surface area contributed by atoms with E-state index in [-0.39, 0.29) is 17.3 Å². The van der Waals surface area contributed by atoms with Crippen molar-refractivity contribution in [3.63, 3.8) is 0 Å². The van der Waals surface area contributed by atoms with Crippen molar-refractivity contribution in [1.29, 1.82) is 0 Å². The summed E-state index contributed by atoms with van der Waals surface area (Å²) in [7, 11) is 1.48. The third-order valence-electron chi connectivity index (χ3n) is 2.98. The molecule has 0 spiro atoms. The maximum atomic E-state index is 12.3. The van der Waals surface area contributed by atoms with Crippen LogP contribution < -0.4 is 4.74 Å². The Bertz CT molecular complexity index is 543. The van der Waals surface area contributed by atoms with Crippen LogP contribution in [-0.4, -0.2) is 25.3 Å². The molecule has 0 aromatic heterocycles. The van der Waals surface area contributed by atoms with Gasteiger partial charge in [0.05, 0.1) is 19.3 Å². The molecule has 2 rings (SSSR count). The minimum absolute atomic E-state index is 0.107. The molecule has 1 aliphatic rings. The normalized spacial score (nSPS) is 13.9. The first-order valence-electron chi connectivity index (χ1n) is 6.29.